The molecule has 1 rings (SSSR count). The number of halogens is 2. The van der Waals surface area contributed by atoms with Gasteiger partial charge in [-0.1, -0.05) is 53.5 Å². The van der Waals surface area contributed by atoms with Gasteiger partial charge in [-0.05, 0) is 0 Å². The molecule has 3 N–H and O–H groups in total. The van der Waals surface area contributed by atoms with E-state index < -0.39 is 10.5 Å². The van der Waals surface area contributed by atoms with Crippen LogP contribution >= 0.6 is 23.2 Å². The first-order valence-corrected chi connectivity index (χ1v) is 4.29. The molecule has 0 heterocycles. The number of nitrogens with one attached hydrogen (secondary N) is 1. The van der Waals surface area contributed by atoms with Crippen LogP contribution in [0.3, 0.4) is 0 Å². The molecule has 1 aromatic carbocycles. The van der Waals surface area contributed by atoms with Crippen molar-refractivity contribution >= 4 is 29.2 Å². The summed E-state index contributed by atoms with van der Waals surface area (Å²) >= 11 is 11.6. The van der Waals surface area contributed by atoms with E-state index in [-0.39, 0.29) is 0 Å². The monoisotopic (exact) mass is 218 g/mol. The van der Waals surface area contributed by atoms with Crippen molar-refractivity contribution in [3.63, 3.8) is 0 Å². The molecule has 0 saturated heterocycles. The van der Waals surface area contributed by atoms with Crippen molar-refractivity contribution in [3.05, 3.63) is 35.9 Å². The Morgan fingerprint density at radius 3 is 2.31 bits per heavy atom. The first kappa shape index (κ1) is 10.2. The molecule has 13 heavy (non-hydrogen) atoms. The number of primary amides is 1. The van der Waals surface area contributed by atoms with Crippen LogP contribution in [0.15, 0.2) is 30.3 Å². The standard InChI is InChI=1S/C8H8Cl2N2O/c9-8(10,12-7(11)13)6-4-2-1-3-5-6/h1-5H,(H3,11,12,13). The summed E-state index contributed by atoms with van der Waals surface area (Å²) in [5, 5.41) is 2.21. The Bertz CT molecular complexity index is 300. The average Bonchev–Trinajstić information content (AvgIpc) is 2.04. The number of alkyl halides is 2. The van der Waals surface area contributed by atoms with Crippen LogP contribution in [0.4, 0.5) is 4.79 Å². The van der Waals surface area contributed by atoms with Crippen LogP contribution in [0.25, 0.3) is 0 Å². The quantitative estimate of drug-likeness (QED) is 0.579. The number of urea groups is 1. The van der Waals surface area contributed by atoms with E-state index in [4.69, 9.17) is 28.9 Å². The van der Waals surface area contributed by atoms with E-state index in [1.54, 1.807) is 24.3 Å². The summed E-state index contributed by atoms with van der Waals surface area (Å²) in [7, 11) is 0. The molecule has 1 aromatic rings. The largest absolute Gasteiger partial charge is 0.352 e. The van der Waals surface area contributed by atoms with Gasteiger partial charge >= 0.3 is 6.03 Å². The van der Waals surface area contributed by atoms with E-state index in [0.29, 0.717) is 5.56 Å². The molecule has 3 nitrogen and oxygen atoms in total. The Morgan fingerprint density at radius 1 is 1.31 bits per heavy atom. The first-order chi connectivity index (χ1) is 6.02. The zero-order valence-electron chi connectivity index (χ0n) is 6.63. The molecule has 0 radical (unpaired) electrons. The van der Waals surface area contributed by atoms with Crippen molar-refractivity contribution in [2.24, 2.45) is 5.73 Å². The molecule has 0 saturated carbocycles. The summed E-state index contributed by atoms with van der Waals surface area (Å²) in [6, 6.07) is 7.95. The lowest BCUT2D eigenvalue weighted by molar-refractivity contribution is 0.247. The third-order valence-corrected chi connectivity index (χ3v) is 2.04. The molecule has 5 heteroatoms. The van der Waals surface area contributed by atoms with Gasteiger partial charge in [-0.3, -0.25) is 0 Å². The number of rotatable bonds is 2. The number of nitrogens with two attached hydrogens (primary N) is 1. The van der Waals surface area contributed by atoms with Crippen LogP contribution in [-0.2, 0) is 4.46 Å². The van der Waals surface area contributed by atoms with Crippen LogP contribution < -0.4 is 11.1 Å². The van der Waals surface area contributed by atoms with Crippen LogP contribution in [0.5, 0.6) is 0 Å². The lowest BCUT2D eigenvalue weighted by atomic mass is 10.2. The lowest BCUT2D eigenvalue weighted by Gasteiger charge is -2.19. The SMILES string of the molecule is NC(=O)NC(Cl)(Cl)c1ccccc1. The predicted molar refractivity (Wildman–Crippen MR) is 52.5 cm³/mol. The van der Waals surface area contributed by atoms with E-state index in [1.165, 1.54) is 0 Å². The highest BCUT2D eigenvalue weighted by Crippen LogP contribution is 2.29. The van der Waals surface area contributed by atoms with Gasteiger partial charge in [0.1, 0.15) is 0 Å². The fourth-order valence-electron chi connectivity index (χ4n) is 0.874. The summed E-state index contributed by atoms with van der Waals surface area (Å²) in [4.78, 5) is 10.5. The third kappa shape index (κ3) is 2.79. The number of carbonyl (C=O) groups is 1. The zero-order chi connectivity index (χ0) is 9.90. The molecular weight excluding hydrogens is 211 g/mol. The summed E-state index contributed by atoms with van der Waals surface area (Å²) in [5.41, 5.74) is 5.46. The van der Waals surface area contributed by atoms with Gasteiger partial charge in [0.15, 0.2) is 0 Å². The molecule has 0 aromatic heterocycles. The van der Waals surface area contributed by atoms with Crippen molar-refractivity contribution in [2.45, 2.75) is 4.46 Å². The van der Waals surface area contributed by atoms with Crippen LogP contribution in [0, 0.1) is 0 Å². The topological polar surface area (TPSA) is 55.1 Å². The number of carbonyl (C=O) groups excluding carboxylic acids is 1. The molecule has 0 spiro atoms. The second-order valence-corrected chi connectivity index (χ2v) is 3.76. The second kappa shape index (κ2) is 3.85. The molecule has 0 unspecified atom stereocenters. The third-order valence-electron chi connectivity index (χ3n) is 1.42. The highest BCUT2D eigenvalue weighted by Gasteiger charge is 2.27. The maximum atomic E-state index is 10.5. The normalized spacial score (nSPS) is 10.9. The Hall–Kier alpha value is -0.930. The summed E-state index contributed by atoms with van der Waals surface area (Å²) < 4.78 is -1.47. The van der Waals surface area contributed by atoms with Gasteiger partial charge in [0.2, 0.25) is 4.46 Å². The number of hydrogen-bond acceptors (Lipinski definition) is 1. The Morgan fingerprint density at radius 2 is 1.85 bits per heavy atom. The fourth-order valence-corrected chi connectivity index (χ4v) is 1.31. The van der Waals surface area contributed by atoms with Crippen LogP contribution in [0.1, 0.15) is 5.56 Å². The minimum absolute atomic E-state index is 0.567. The predicted octanol–water partition coefficient (Wildman–Crippen LogP) is 1.94. The highest BCUT2D eigenvalue weighted by molar-refractivity contribution is 6.48. The van der Waals surface area contributed by atoms with Crippen molar-refractivity contribution in [3.8, 4) is 0 Å². The fraction of sp³-hybridized carbons (Fsp3) is 0.125. The number of benzene rings is 1. The number of hydrogen-bond donors (Lipinski definition) is 2. The highest BCUT2D eigenvalue weighted by atomic mass is 35.5. The zero-order valence-corrected chi connectivity index (χ0v) is 8.14. The summed E-state index contributed by atoms with van der Waals surface area (Å²) in [6.07, 6.45) is 0. The molecule has 0 aliphatic heterocycles. The van der Waals surface area contributed by atoms with Gasteiger partial charge < -0.3 is 11.1 Å². The molecule has 0 aliphatic rings. The van der Waals surface area contributed by atoms with Crippen LogP contribution in [-0.4, -0.2) is 6.03 Å². The van der Waals surface area contributed by atoms with Gasteiger partial charge in [0.05, 0.1) is 0 Å². The van der Waals surface area contributed by atoms with E-state index in [0.717, 1.165) is 0 Å². The Labute approximate surface area is 85.8 Å². The van der Waals surface area contributed by atoms with Gasteiger partial charge in [-0.15, -0.1) is 0 Å². The second-order valence-electron chi connectivity index (χ2n) is 2.43. The van der Waals surface area contributed by atoms with E-state index >= 15 is 0 Å². The minimum atomic E-state index is -1.47. The molecule has 2 amide bonds. The number of amides is 2. The van der Waals surface area contributed by atoms with E-state index in [9.17, 15) is 4.79 Å². The van der Waals surface area contributed by atoms with Crippen LogP contribution in [0.2, 0.25) is 0 Å². The van der Waals surface area contributed by atoms with Gasteiger partial charge in [0, 0.05) is 5.56 Å². The average molecular weight is 219 g/mol. The molecule has 0 bridgehead atoms. The van der Waals surface area contributed by atoms with Gasteiger partial charge in [0.25, 0.3) is 0 Å². The molecule has 0 aliphatic carbocycles. The smallest absolute Gasteiger partial charge is 0.314 e. The van der Waals surface area contributed by atoms with E-state index in [2.05, 4.69) is 5.32 Å². The molecule has 0 atom stereocenters. The Balaban J connectivity index is 2.87. The molecule has 70 valence electrons. The van der Waals surface area contributed by atoms with Crippen molar-refractivity contribution in [1.29, 1.82) is 0 Å². The maximum absolute atomic E-state index is 10.5. The summed E-state index contributed by atoms with van der Waals surface area (Å²) in [5.74, 6) is 0. The van der Waals surface area contributed by atoms with Crippen molar-refractivity contribution in [1.82, 2.24) is 5.32 Å². The Kier molecular flexibility index (Phi) is 3.01. The van der Waals surface area contributed by atoms with Crippen molar-refractivity contribution in [2.75, 3.05) is 0 Å². The molecular formula is C8H8Cl2N2O. The first-order valence-electron chi connectivity index (χ1n) is 3.53. The molecule has 0 fully saturated rings. The lowest BCUT2D eigenvalue weighted by Crippen LogP contribution is -2.40. The minimum Gasteiger partial charge on any atom is -0.352 e. The van der Waals surface area contributed by atoms with Gasteiger partial charge in [-0.2, -0.15) is 0 Å². The van der Waals surface area contributed by atoms with Gasteiger partial charge in [-0.25, -0.2) is 4.79 Å². The summed E-state index contributed by atoms with van der Waals surface area (Å²) in [6.45, 7) is 0. The van der Waals surface area contributed by atoms with Crippen molar-refractivity contribution < 1.29 is 4.79 Å². The maximum Gasteiger partial charge on any atom is 0.314 e. The van der Waals surface area contributed by atoms with E-state index in [1.807, 2.05) is 6.07 Å².